The molecule has 0 heterocycles. The molecule has 1 nitrogen and oxygen atoms in total. The van der Waals surface area contributed by atoms with Gasteiger partial charge >= 0.3 is 0 Å². The second kappa shape index (κ2) is 8.28. The molecule has 3 unspecified atom stereocenters. The van der Waals surface area contributed by atoms with Crippen LogP contribution in [0.25, 0.3) is 0 Å². The van der Waals surface area contributed by atoms with Gasteiger partial charge in [-0.05, 0) is 64.0 Å². The lowest BCUT2D eigenvalue weighted by Crippen LogP contribution is -2.42. The first-order valence-electron chi connectivity index (χ1n) is 9.24. The molecule has 24 heavy (non-hydrogen) atoms. The zero-order valence-electron chi connectivity index (χ0n) is 15.2. The molecular formula is C22H30NP. The zero-order chi connectivity index (χ0) is 16.9. The molecule has 0 aliphatic heterocycles. The molecule has 0 bridgehead atoms. The molecule has 2 aromatic carbocycles. The predicted octanol–water partition coefficient (Wildman–Crippen LogP) is 4.63. The minimum absolute atomic E-state index is 0.292. The van der Waals surface area contributed by atoms with E-state index in [1.165, 1.54) is 25.7 Å². The Morgan fingerprint density at radius 3 is 1.83 bits per heavy atom. The summed E-state index contributed by atoms with van der Waals surface area (Å²) >= 11 is 0. The second-order valence-corrected chi connectivity index (χ2v) is 9.70. The maximum atomic E-state index is 2.42. The third-order valence-corrected chi connectivity index (χ3v) is 8.63. The van der Waals surface area contributed by atoms with Gasteiger partial charge in [-0.3, -0.25) is 0 Å². The highest BCUT2D eigenvalue weighted by Gasteiger charge is 2.36. The van der Waals surface area contributed by atoms with Crippen molar-refractivity contribution in [1.29, 1.82) is 0 Å². The average Bonchev–Trinajstić information content (AvgIpc) is 2.63. The van der Waals surface area contributed by atoms with Crippen LogP contribution in [0.4, 0.5) is 0 Å². The van der Waals surface area contributed by atoms with Crippen molar-refractivity contribution in [2.75, 3.05) is 14.1 Å². The zero-order valence-corrected chi connectivity index (χ0v) is 16.1. The van der Waals surface area contributed by atoms with Gasteiger partial charge in [-0.25, -0.2) is 0 Å². The van der Waals surface area contributed by atoms with Crippen LogP contribution in [-0.2, 0) is 0 Å². The molecule has 1 saturated carbocycles. The molecule has 3 rings (SSSR count). The van der Waals surface area contributed by atoms with Crippen molar-refractivity contribution in [1.82, 2.24) is 4.90 Å². The van der Waals surface area contributed by atoms with E-state index in [2.05, 4.69) is 86.6 Å². The number of rotatable bonds is 5. The summed E-state index contributed by atoms with van der Waals surface area (Å²) < 4.78 is 0. The summed E-state index contributed by atoms with van der Waals surface area (Å²) in [4.78, 5) is 2.42. The number of benzene rings is 2. The minimum atomic E-state index is -0.292. The number of nitrogens with zero attached hydrogens (tertiary/aromatic N) is 1. The van der Waals surface area contributed by atoms with E-state index in [1.807, 2.05) is 0 Å². The van der Waals surface area contributed by atoms with E-state index >= 15 is 0 Å². The van der Waals surface area contributed by atoms with Crippen LogP contribution in [0, 0.1) is 5.92 Å². The standard InChI is InChI=1S/C22H30NP/c1-18(23(2)3)21-16-10-11-17-22(21)24(19-12-6-4-7-13-19)20-14-8-5-9-15-20/h4-9,12-15,18,21-22H,10-11,16-17H2,1-3H3. The van der Waals surface area contributed by atoms with Gasteiger partial charge in [0.1, 0.15) is 0 Å². The normalized spacial score (nSPS) is 22.7. The Kier molecular flexibility index (Phi) is 6.09. The van der Waals surface area contributed by atoms with Crippen molar-refractivity contribution >= 4 is 18.5 Å². The van der Waals surface area contributed by atoms with Crippen LogP contribution in [0.15, 0.2) is 60.7 Å². The average molecular weight is 339 g/mol. The number of hydrogen-bond acceptors (Lipinski definition) is 1. The fraction of sp³-hybridized carbons (Fsp3) is 0.455. The van der Waals surface area contributed by atoms with Gasteiger partial charge in [-0.1, -0.05) is 73.5 Å². The van der Waals surface area contributed by atoms with E-state index in [1.54, 1.807) is 10.6 Å². The third kappa shape index (κ3) is 3.90. The van der Waals surface area contributed by atoms with E-state index in [0.717, 1.165) is 11.6 Å². The fourth-order valence-electron chi connectivity index (χ4n) is 4.12. The minimum Gasteiger partial charge on any atom is -0.306 e. The summed E-state index contributed by atoms with van der Waals surface area (Å²) in [7, 11) is 4.19. The Morgan fingerprint density at radius 2 is 1.33 bits per heavy atom. The van der Waals surface area contributed by atoms with E-state index < -0.39 is 0 Å². The second-order valence-electron chi connectivity index (χ2n) is 7.26. The summed E-state index contributed by atoms with van der Waals surface area (Å²) in [6.45, 7) is 2.42. The van der Waals surface area contributed by atoms with Crippen LogP contribution in [-0.4, -0.2) is 30.7 Å². The SMILES string of the molecule is CC(C1CCCCC1P(c1ccccc1)c1ccccc1)N(C)C. The van der Waals surface area contributed by atoms with Gasteiger partial charge in [0.25, 0.3) is 0 Å². The van der Waals surface area contributed by atoms with E-state index in [4.69, 9.17) is 0 Å². The van der Waals surface area contributed by atoms with Gasteiger partial charge in [0.15, 0.2) is 0 Å². The topological polar surface area (TPSA) is 3.24 Å². The van der Waals surface area contributed by atoms with Gasteiger partial charge in [-0.2, -0.15) is 0 Å². The van der Waals surface area contributed by atoms with Crippen molar-refractivity contribution in [3.63, 3.8) is 0 Å². The fourth-order valence-corrected chi connectivity index (χ4v) is 7.39. The van der Waals surface area contributed by atoms with Crippen LogP contribution < -0.4 is 10.6 Å². The molecular weight excluding hydrogens is 309 g/mol. The lowest BCUT2D eigenvalue weighted by atomic mass is 9.83. The highest BCUT2D eigenvalue weighted by molar-refractivity contribution is 7.73. The summed E-state index contributed by atoms with van der Waals surface area (Å²) in [5.41, 5.74) is 0.788. The highest BCUT2D eigenvalue weighted by atomic mass is 31.1. The Hall–Kier alpha value is -1.17. The van der Waals surface area contributed by atoms with Crippen LogP contribution in [0.1, 0.15) is 32.6 Å². The molecule has 0 amide bonds. The lowest BCUT2D eigenvalue weighted by molar-refractivity contribution is 0.189. The van der Waals surface area contributed by atoms with Crippen molar-refractivity contribution < 1.29 is 0 Å². The largest absolute Gasteiger partial charge is 0.306 e. The van der Waals surface area contributed by atoms with Crippen LogP contribution >= 0.6 is 7.92 Å². The molecule has 2 heteroatoms. The molecule has 0 spiro atoms. The highest BCUT2D eigenvalue weighted by Crippen LogP contribution is 2.50. The maximum absolute atomic E-state index is 2.42. The van der Waals surface area contributed by atoms with Gasteiger partial charge in [-0.15, -0.1) is 0 Å². The molecule has 1 aliphatic carbocycles. The lowest BCUT2D eigenvalue weighted by Gasteiger charge is -2.42. The molecule has 1 aliphatic rings. The molecule has 0 radical (unpaired) electrons. The van der Waals surface area contributed by atoms with Crippen LogP contribution in [0.5, 0.6) is 0 Å². The first kappa shape index (κ1) is 17.6. The summed E-state index contributed by atoms with van der Waals surface area (Å²) in [6.07, 6.45) is 5.53. The van der Waals surface area contributed by atoms with Gasteiger partial charge in [0.05, 0.1) is 0 Å². The quantitative estimate of drug-likeness (QED) is 0.718. The molecule has 0 saturated heterocycles. The molecule has 1 fully saturated rings. The van der Waals surface area contributed by atoms with Gasteiger partial charge in [0, 0.05) is 6.04 Å². The Labute approximate surface area is 148 Å². The Morgan fingerprint density at radius 1 is 0.833 bits per heavy atom. The van der Waals surface area contributed by atoms with Crippen LogP contribution in [0.3, 0.4) is 0 Å². The van der Waals surface area contributed by atoms with Gasteiger partial charge in [0.2, 0.25) is 0 Å². The van der Waals surface area contributed by atoms with Gasteiger partial charge < -0.3 is 4.90 Å². The van der Waals surface area contributed by atoms with Crippen molar-refractivity contribution in [3.05, 3.63) is 60.7 Å². The first-order chi connectivity index (χ1) is 11.7. The van der Waals surface area contributed by atoms with E-state index in [0.29, 0.717) is 6.04 Å². The van der Waals surface area contributed by atoms with E-state index in [-0.39, 0.29) is 7.92 Å². The van der Waals surface area contributed by atoms with Crippen molar-refractivity contribution in [2.45, 2.75) is 44.3 Å². The molecule has 2 aromatic rings. The first-order valence-corrected chi connectivity index (χ1v) is 10.7. The number of hydrogen-bond donors (Lipinski definition) is 0. The van der Waals surface area contributed by atoms with Crippen molar-refractivity contribution in [2.24, 2.45) is 5.92 Å². The van der Waals surface area contributed by atoms with Crippen LogP contribution in [0.2, 0.25) is 0 Å². The van der Waals surface area contributed by atoms with E-state index in [9.17, 15) is 0 Å². The molecule has 128 valence electrons. The Bertz CT molecular complexity index is 571. The molecule has 0 aromatic heterocycles. The monoisotopic (exact) mass is 339 g/mol. The summed E-state index contributed by atoms with van der Waals surface area (Å²) in [5.74, 6) is 0.792. The maximum Gasteiger partial charge on any atom is 0.00953 e. The summed E-state index contributed by atoms with van der Waals surface area (Å²) in [6, 6.07) is 23.2. The smallest absolute Gasteiger partial charge is 0.00953 e. The molecule has 3 atom stereocenters. The van der Waals surface area contributed by atoms with Crippen molar-refractivity contribution in [3.8, 4) is 0 Å². The molecule has 0 N–H and O–H groups in total. The third-order valence-electron chi connectivity index (χ3n) is 5.62. The predicted molar refractivity (Wildman–Crippen MR) is 108 cm³/mol. The summed E-state index contributed by atoms with van der Waals surface area (Å²) in [5, 5.41) is 3.09. The Balaban J connectivity index is 2.00.